The monoisotopic (exact) mass is 538 g/mol. The lowest BCUT2D eigenvalue weighted by Crippen LogP contribution is -2.71. The molecule has 8 nitrogen and oxygen atoms in total. The molecule has 3 saturated carbocycles. The van der Waals surface area contributed by atoms with E-state index in [1.165, 1.54) is 19.1 Å². The molecule has 0 aromatic heterocycles. The maximum Gasteiger partial charge on any atom is 0.517 e. The van der Waals surface area contributed by atoms with E-state index in [0.717, 1.165) is 6.08 Å². The molecule has 3 fully saturated rings. The van der Waals surface area contributed by atoms with E-state index in [2.05, 4.69) is 0 Å². The highest BCUT2D eigenvalue weighted by molar-refractivity contribution is 6.01. The summed E-state index contributed by atoms with van der Waals surface area (Å²) < 4.78 is 43.4. The van der Waals surface area contributed by atoms with Crippen LogP contribution in [0.5, 0.6) is 0 Å². The predicted molar refractivity (Wildman–Crippen MR) is 130 cm³/mol. The minimum atomic E-state index is -2.38. The summed E-state index contributed by atoms with van der Waals surface area (Å²) in [5.41, 5.74) is -7.47. The Morgan fingerprint density at radius 3 is 2.50 bits per heavy atom. The first-order chi connectivity index (χ1) is 17.7. The number of rotatable bonds is 6. The van der Waals surface area contributed by atoms with Gasteiger partial charge >= 0.3 is 12.1 Å². The van der Waals surface area contributed by atoms with Gasteiger partial charge in [0, 0.05) is 29.1 Å². The fourth-order valence-electron chi connectivity index (χ4n) is 8.13. The molecular weight excluding hydrogens is 502 g/mol. The van der Waals surface area contributed by atoms with Crippen molar-refractivity contribution in [1.82, 2.24) is 0 Å². The third-order valence-electron chi connectivity index (χ3n) is 9.90. The van der Waals surface area contributed by atoms with Gasteiger partial charge in [-0.2, -0.15) is 0 Å². The molecule has 4 rings (SSSR count). The summed E-state index contributed by atoms with van der Waals surface area (Å²) in [4.78, 5) is 50.2. The van der Waals surface area contributed by atoms with E-state index in [4.69, 9.17) is 9.47 Å². The number of halogens is 2. The lowest BCUT2D eigenvalue weighted by molar-refractivity contribution is -0.226. The van der Waals surface area contributed by atoms with Crippen LogP contribution in [0.4, 0.5) is 13.6 Å². The number of Topliss-reactive ketones (excluding diaryl/α,β-unsaturated/α-hetero) is 1. The molecule has 38 heavy (non-hydrogen) atoms. The minimum Gasteiger partial charge on any atom is -0.418 e. The van der Waals surface area contributed by atoms with Crippen LogP contribution in [0.2, 0.25) is 0 Å². The second kappa shape index (κ2) is 9.62. The van der Waals surface area contributed by atoms with Gasteiger partial charge in [0.05, 0.1) is 6.10 Å². The number of alkyl halides is 2. The summed E-state index contributed by atoms with van der Waals surface area (Å²) in [5.74, 6) is -4.77. The molecule has 0 aromatic carbocycles. The summed E-state index contributed by atoms with van der Waals surface area (Å²) >= 11 is 0. The van der Waals surface area contributed by atoms with Crippen molar-refractivity contribution in [1.29, 1.82) is 0 Å². The molecule has 0 unspecified atom stereocenters. The number of fused-ring (bicyclic) bond motifs is 5. The van der Waals surface area contributed by atoms with Crippen LogP contribution in [-0.4, -0.2) is 64.1 Å². The number of aliphatic hydroxyl groups is 2. The molecule has 0 aliphatic heterocycles. The number of carbonyl (C=O) groups excluding carboxylic acids is 4. The van der Waals surface area contributed by atoms with E-state index in [1.54, 1.807) is 13.8 Å². The largest absolute Gasteiger partial charge is 0.517 e. The second-order valence-electron chi connectivity index (χ2n) is 11.7. The smallest absolute Gasteiger partial charge is 0.418 e. The van der Waals surface area contributed by atoms with Crippen molar-refractivity contribution in [2.75, 3.05) is 6.61 Å². The van der Waals surface area contributed by atoms with E-state index in [1.807, 2.05) is 6.92 Å². The van der Waals surface area contributed by atoms with Crippen molar-refractivity contribution in [2.24, 2.45) is 28.6 Å². The normalized spacial score (nSPS) is 43.4. The first-order valence-corrected chi connectivity index (χ1v) is 13.3. The van der Waals surface area contributed by atoms with Gasteiger partial charge in [-0.15, -0.1) is 0 Å². The quantitative estimate of drug-likeness (QED) is 0.387. The average molecular weight is 539 g/mol. The van der Waals surface area contributed by atoms with Gasteiger partial charge in [0.15, 0.2) is 17.1 Å². The zero-order valence-corrected chi connectivity index (χ0v) is 22.2. The van der Waals surface area contributed by atoms with Crippen LogP contribution < -0.4 is 0 Å². The Morgan fingerprint density at radius 2 is 1.87 bits per heavy atom. The third-order valence-corrected chi connectivity index (χ3v) is 9.90. The first-order valence-electron chi connectivity index (χ1n) is 13.3. The topological polar surface area (TPSA) is 127 Å². The number of hydrogen-bond acceptors (Lipinski definition) is 8. The highest BCUT2D eigenvalue weighted by Crippen LogP contribution is 2.71. The van der Waals surface area contributed by atoms with Crippen LogP contribution in [0.3, 0.4) is 0 Å². The van der Waals surface area contributed by atoms with Gasteiger partial charge in [-0.3, -0.25) is 14.4 Å². The van der Waals surface area contributed by atoms with Crippen LogP contribution in [-0.2, 0) is 23.9 Å². The predicted octanol–water partition coefficient (Wildman–Crippen LogP) is 3.72. The number of ketones is 2. The summed E-state index contributed by atoms with van der Waals surface area (Å²) in [6.07, 6.45) is -0.648. The Labute approximate surface area is 220 Å². The molecule has 9 atom stereocenters. The fraction of sp³-hybridized carbons (Fsp3) is 0.714. The molecular formula is C28H36F2O8. The van der Waals surface area contributed by atoms with Crippen molar-refractivity contribution < 1.29 is 47.6 Å². The Kier molecular flexibility index (Phi) is 7.23. The summed E-state index contributed by atoms with van der Waals surface area (Å²) in [7, 11) is 0. The van der Waals surface area contributed by atoms with Gasteiger partial charge in [0.25, 0.3) is 0 Å². The number of unbranched alkanes of at least 4 members (excludes halogenated alkanes) is 1. The maximum absolute atomic E-state index is 17.3. The number of ether oxygens (including phenoxy) is 2. The van der Waals surface area contributed by atoms with Gasteiger partial charge in [0.1, 0.15) is 12.8 Å². The molecule has 0 spiro atoms. The molecule has 0 aromatic rings. The molecule has 210 valence electrons. The summed E-state index contributed by atoms with van der Waals surface area (Å²) in [5, 5.41) is 21.4. The maximum atomic E-state index is 17.3. The minimum absolute atomic E-state index is 0.0273. The van der Waals surface area contributed by atoms with Crippen molar-refractivity contribution in [3.05, 3.63) is 23.8 Å². The lowest BCUT2D eigenvalue weighted by Gasteiger charge is -2.63. The third kappa shape index (κ3) is 3.73. The fourth-order valence-corrected chi connectivity index (χ4v) is 8.13. The standard InChI is InChI=1S/C28H36F2O8/c1-5-6-7-23(35)37-24(36)38-28(22(34)14-31)15(2)10-17-18-12-20(29)19-11-16(32)8-9-25(19,3)27(18,30)21(33)13-26(17,28)4/h8-9,11,15,17-18,20-21,31,33H,5-7,10,12-14H2,1-4H3/t15-,17+,18+,20+,21+,25+,26+,27+,28+/m1/s1. The van der Waals surface area contributed by atoms with E-state index in [9.17, 15) is 29.4 Å². The molecule has 4 aliphatic carbocycles. The molecule has 0 saturated heterocycles. The van der Waals surface area contributed by atoms with Crippen LogP contribution in [0.15, 0.2) is 23.8 Å². The van der Waals surface area contributed by atoms with E-state index < -0.39 is 82.4 Å². The molecule has 0 radical (unpaired) electrons. The molecule has 0 amide bonds. The number of aliphatic hydroxyl groups excluding tert-OH is 2. The van der Waals surface area contributed by atoms with Gasteiger partial charge in [-0.05, 0) is 56.3 Å². The Balaban J connectivity index is 1.76. The molecule has 4 aliphatic rings. The Hall–Kier alpha value is -2.46. The SMILES string of the molecule is CCCCC(=O)OC(=O)O[C@]1(C(=O)CO)[C@H](C)C[C@H]2[C@@H]3C[C@H](F)C4=CC(=O)C=C[C@]4(C)[C@@]3(F)[C@@H](O)C[C@@]21C. The van der Waals surface area contributed by atoms with Crippen LogP contribution in [0.25, 0.3) is 0 Å². The number of hydrogen-bond donors (Lipinski definition) is 2. The van der Waals surface area contributed by atoms with Crippen LogP contribution in [0.1, 0.15) is 66.2 Å². The zero-order valence-electron chi connectivity index (χ0n) is 22.2. The van der Waals surface area contributed by atoms with Gasteiger partial charge in [-0.25, -0.2) is 13.6 Å². The highest BCUT2D eigenvalue weighted by atomic mass is 19.1. The van der Waals surface area contributed by atoms with E-state index in [0.29, 0.717) is 12.8 Å². The van der Waals surface area contributed by atoms with E-state index in [-0.39, 0.29) is 31.3 Å². The molecule has 0 heterocycles. The summed E-state index contributed by atoms with van der Waals surface area (Å²) in [6.45, 7) is 5.50. The van der Waals surface area contributed by atoms with E-state index >= 15 is 8.78 Å². The Bertz CT molecular complexity index is 1100. The molecule has 2 N–H and O–H groups in total. The van der Waals surface area contributed by atoms with Crippen molar-refractivity contribution in [2.45, 2.75) is 89.8 Å². The number of allylic oxidation sites excluding steroid dienone is 4. The van der Waals surface area contributed by atoms with Crippen molar-refractivity contribution >= 4 is 23.7 Å². The Morgan fingerprint density at radius 1 is 1.18 bits per heavy atom. The van der Waals surface area contributed by atoms with Crippen LogP contribution >= 0.6 is 0 Å². The van der Waals surface area contributed by atoms with Gasteiger partial charge in [-0.1, -0.05) is 33.3 Å². The number of esters is 1. The van der Waals surface area contributed by atoms with Gasteiger partial charge in [0.2, 0.25) is 5.78 Å². The summed E-state index contributed by atoms with van der Waals surface area (Å²) in [6, 6.07) is 0. The highest BCUT2D eigenvalue weighted by Gasteiger charge is 2.78. The zero-order chi connectivity index (χ0) is 28.3. The van der Waals surface area contributed by atoms with Crippen molar-refractivity contribution in [3.8, 4) is 0 Å². The molecule has 10 heteroatoms. The van der Waals surface area contributed by atoms with Gasteiger partial charge < -0.3 is 19.7 Å². The first kappa shape index (κ1) is 28.5. The number of carbonyl (C=O) groups is 4. The lowest BCUT2D eigenvalue weighted by atomic mass is 9.44. The average Bonchev–Trinajstić information content (AvgIpc) is 3.07. The molecule has 0 bridgehead atoms. The van der Waals surface area contributed by atoms with Crippen molar-refractivity contribution in [3.63, 3.8) is 0 Å². The van der Waals surface area contributed by atoms with Crippen LogP contribution in [0, 0.1) is 28.6 Å². The second-order valence-corrected chi connectivity index (χ2v) is 11.7.